The van der Waals surface area contributed by atoms with Crippen LogP contribution in [-0.4, -0.2) is 49.7 Å². The van der Waals surface area contributed by atoms with Gasteiger partial charge in [0.1, 0.15) is 5.69 Å². The number of aromatic amines is 1. The highest BCUT2D eigenvalue weighted by molar-refractivity contribution is 7.98. The number of aromatic nitrogens is 5. The van der Waals surface area contributed by atoms with Gasteiger partial charge in [0.25, 0.3) is 5.78 Å². The van der Waals surface area contributed by atoms with Crippen LogP contribution in [0.4, 0.5) is 0 Å². The topological polar surface area (TPSA) is 111 Å². The summed E-state index contributed by atoms with van der Waals surface area (Å²) in [6, 6.07) is 1.95. The van der Waals surface area contributed by atoms with Gasteiger partial charge in [-0.25, -0.2) is 14.6 Å². The fourth-order valence-corrected chi connectivity index (χ4v) is 4.03. The van der Waals surface area contributed by atoms with E-state index in [1.807, 2.05) is 24.3 Å². The van der Waals surface area contributed by atoms with Gasteiger partial charge in [-0.3, -0.25) is 4.40 Å². The second-order valence-electron chi connectivity index (χ2n) is 6.37. The third kappa shape index (κ3) is 4.12. The largest absolute Gasteiger partial charge is 0.462 e. The number of fused-ring (bicyclic) bond motifs is 1. The first-order valence-corrected chi connectivity index (χ1v) is 10.2. The van der Waals surface area contributed by atoms with Crippen LogP contribution in [0.2, 0.25) is 0 Å². The molecule has 0 aliphatic carbocycles. The van der Waals surface area contributed by atoms with Gasteiger partial charge in [0.15, 0.2) is 5.16 Å². The van der Waals surface area contributed by atoms with Crippen LogP contribution in [0.15, 0.2) is 11.2 Å². The number of nitrogens with zero attached hydrogens (tertiary/aromatic N) is 4. The Balaban J connectivity index is 1.95. The molecular weight excluding hydrogens is 394 g/mol. The fourth-order valence-electron chi connectivity index (χ4n) is 3.08. The van der Waals surface area contributed by atoms with E-state index < -0.39 is 11.9 Å². The van der Waals surface area contributed by atoms with Crippen molar-refractivity contribution in [2.75, 3.05) is 13.2 Å². The summed E-state index contributed by atoms with van der Waals surface area (Å²) in [4.78, 5) is 32.2. The van der Waals surface area contributed by atoms with Crippen LogP contribution < -0.4 is 0 Å². The summed E-state index contributed by atoms with van der Waals surface area (Å²) in [5.74, 6) is -0.101. The number of rotatable bonds is 7. The normalized spacial score (nSPS) is 11.1. The van der Waals surface area contributed by atoms with Crippen LogP contribution in [0.25, 0.3) is 5.78 Å². The van der Waals surface area contributed by atoms with Crippen LogP contribution in [0.5, 0.6) is 0 Å². The van der Waals surface area contributed by atoms with Crippen molar-refractivity contribution in [1.29, 1.82) is 0 Å². The second-order valence-corrected chi connectivity index (χ2v) is 7.31. The molecule has 154 valence electrons. The maximum Gasteiger partial charge on any atom is 0.355 e. The average Bonchev–Trinajstić information content (AvgIpc) is 3.21. The number of aryl methyl sites for hydroxylation is 2. The maximum atomic E-state index is 12.5. The third-order valence-electron chi connectivity index (χ3n) is 4.30. The third-order valence-corrected chi connectivity index (χ3v) is 5.25. The van der Waals surface area contributed by atoms with Crippen LogP contribution in [0.1, 0.15) is 57.3 Å². The van der Waals surface area contributed by atoms with E-state index in [1.165, 1.54) is 11.8 Å². The standard InChI is InChI=1S/C19H23N5O4S/c1-6-27-16(25)14-12(5)15(17(26)28-7-2)21-13(14)9-29-19-23-22-18-20-10(3)8-11(4)24(18)19/h8,21H,6-7,9H2,1-5H3. The molecule has 0 spiro atoms. The molecule has 3 rings (SSSR count). The number of ether oxygens (including phenoxy) is 2. The van der Waals surface area contributed by atoms with Crippen LogP contribution in [0.3, 0.4) is 0 Å². The number of carbonyl (C=O) groups excluding carboxylic acids is 2. The number of hydrogen-bond donors (Lipinski definition) is 1. The average molecular weight is 417 g/mol. The molecule has 0 unspecified atom stereocenters. The Hall–Kier alpha value is -2.88. The molecule has 9 nitrogen and oxygen atoms in total. The van der Waals surface area contributed by atoms with Crippen molar-refractivity contribution in [1.82, 2.24) is 24.6 Å². The molecule has 0 saturated carbocycles. The zero-order valence-electron chi connectivity index (χ0n) is 17.0. The highest BCUT2D eigenvalue weighted by Gasteiger charge is 2.26. The van der Waals surface area contributed by atoms with Crippen molar-refractivity contribution in [3.8, 4) is 0 Å². The molecule has 3 aromatic heterocycles. The zero-order valence-corrected chi connectivity index (χ0v) is 17.8. The lowest BCUT2D eigenvalue weighted by Crippen LogP contribution is -2.09. The van der Waals surface area contributed by atoms with Gasteiger partial charge in [-0.15, -0.1) is 10.2 Å². The molecule has 1 N–H and O–H groups in total. The molecular formula is C19H23N5O4S. The van der Waals surface area contributed by atoms with Gasteiger partial charge in [-0.1, -0.05) is 11.8 Å². The van der Waals surface area contributed by atoms with E-state index in [4.69, 9.17) is 9.47 Å². The van der Waals surface area contributed by atoms with Crippen LogP contribution >= 0.6 is 11.8 Å². The van der Waals surface area contributed by atoms with E-state index in [2.05, 4.69) is 20.2 Å². The van der Waals surface area contributed by atoms with Gasteiger partial charge in [-0.2, -0.15) is 0 Å². The van der Waals surface area contributed by atoms with Gasteiger partial charge in [0, 0.05) is 22.8 Å². The molecule has 0 aliphatic rings. The number of esters is 2. The lowest BCUT2D eigenvalue weighted by Gasteiger charge is -2.06. The number of carbonyl (C=O) groups is 2. The first-order chi connectivity index (χ1) is 13.9. The molecule has 10 heteroatoms. The smallest absolute Gasteiger partial charge is 0.355 e. The van der Waals surface area contributed by atoms with Gasteiger partial charge in [-0.05, 0) is 46.2 Å². The van der Waals surface area contributed by atoms with Crippen LogP contribution in [0, 0.1) is 20.8 Å². The van der Waals surface area contributed by atoms with E-state index >= 15 is 0 Å². The summed E-state index contributed by atoms with van der Waals surface area (Å²) in [6.45, 7) is 9.51. The van der Waals surface area contributed by atoms with Gasteiger partial charge in [0.2, 0.25) is 0 Å². The molecule has 0 saturated heterocycles. The van der Waals surface area contributed by atoms with E-state index in [0.29, 0.717) is 33.5 Å². The highest BCUT2D eigenvalue weighted by atomic mass is 32.2. The van der Waals surface area contributed by atoms with Crippen molar-refractivity contribution in [3.63, 3.8) is 0 Å². The Morgan fingerprint density at radius 3 is 2.48 bits per heavy atom. The zero-order chi connectivity index (χ0) is 21.1. The molecule has 0 radical (unpaired) electrons. The quantitative estimate of drug-likeness (QED) is 0.461. The molecule has 0 bridgehead atoms. The molecule has 3 aromatic rings. The maximum absolute atomic E-state index is 12.5. The van der Waals surface area contributed by atoms with Gasteiger partial charge in [0.05, 0.1) is 18.8 Å². The lowest BCUT2D eigenvalue weighted by atomic mass is 10.1. The number of hydrogen-bond acceptors (Lipinski definition) is 8. The summed E-state index contributed by atoms with van der Waals surface area (Å²) in [5.41, 5.74) is 3.51. The van der Waals surface area contributed by atoms with E-state index in [-0.39, 0.29) is 18.9 Å². The van der Waals surface area contributed by atoms with Crippen molar-refractivity contribution in [3.05, 3.63) is 40.0 Å². The minimum absolute atomic E-state index is 0.240. The van der Waals surface area contributed by atoms with E-state index in [1.54, 1.807) is 20.8 Å². The highest BCUT2D eigenvalue weighted by Crippen LogP contribution is 2.28. The molecule has 29 heavy (non-hydrogen) atoms. The number of nitrogens with one attached hydrogen (secondary N) is 1. The summed E-state index contributed by atoms with van der Waals surface area (Å²) in [7, 11) is 0. The summed E-state index contributed by atoms with van der Waals surface area (Å²) in [6.07, 6.45) is 0. The first kappa shape index (κ1) is 20.8. The molecule has 0 aliphatic heterocycles. The molecule has 3 heterocycles. The van der Waals surface area contributed by atoms with Gasteiger partial charge < -0.3 is 14.5 Å². The first-order valence-electron chi connectivity index (χ1n) is 9.25. The Morgan fingerprint density at radius 1 is 1.10 bits per heavy atom. The van der Waals surface area contributed by atoms with Crippen molar-refractivity contribution >= 4 is 29.5 Å². The van der Waals surface area contributed by atoms with Crippen molar-refractivity contribution in [2.24, 2.45) is 0 Å². The van der Waals surface area contributed by atoms with Gasteiger partial charge >= 0.3 is 11.9 Å². The minimum Gasteiger partial charge on any atom is -0.462 e. The Morgan fingerprint density at radius 2 is 1.79 bits per heavy atom. The predicted molar refractivity (Wildman–Crippen MR) is 107 cm³/mol. The molecule has 0 aromatic carbocycles. The molecule has 0 atom stereocenters. The van der Waals surface area contributed by atoms with E-state index in [0.717, 1.165) is 11.4 Å². The summed E-state index contributed by atoms with van der Waals surface area (Å²) in [5, 5.41) is 8.97. The summed E-state index contributed by atoms with van der Waals surface area (Å²) < 4.78 is 12.1. The SMILES string of the molecule is CCOC(=O)c1[nH]c(CSc2nnc3nc(C)cc(C)n23)c(C(=O)OCC)c1C. The minimum atomic E-state index is -0.504. The Kier molecular flexibility index (Phi) is 6.21. The predicted octanol–water partition coefficient (Wildman–Crippen LogP) is 3.02. The van der Waals surface area contributed by atoms with Crippen molar-refractivity contribution in [2.45, 2.75) is 45.5 Å². The molecule has 0 amide bonds. The van der Waals surface area contributed by atoms with Crippen LogP contribution in [-0.2, 0) is 15.2 Å². The number of thioether (sulfide) groups is 1. The monoisotopic (exact) mass is 417 g/mol. The Labute approximate surface area is 172 Å². The summed E-state index contributed by atoms with van der Waals surface area (Å²) >= 11 is 1.38. The number of H-pyrrole nitrogens is 1. The lowest BCUT2D eigenvalue weighted by molar-refractivity contribution is 0.0518. The second kappa shape index (κ2) is 8.64. The van der Waals surface area contributed by atoms with E-state index in [9.17, 15) is 9.59 Å². The Bertz CT molecular complexity index is 1070. The fraction of sp³-hybridized carbons (Fsp3) is 0.421. The van der Waals surface area contributed by atoms with Crippen molar-refractivity contribution < 1.29 is 19.1 Å². The molecule has 0 fully saturated rings.